The molecule has 2 N–H and O–H groups in total. The van der Waals surface area contributed by atoms with Gasteiger partial charge in [0.05, 0.1) is 23.4 Å². The van der Waals surface area contributed by atoms with Gasteiger partial charge >= 0.3 is 0 Å². The van der Waals surface area contributed by atoms with Gasteiger partial charge < -0.3 is 5.73 Å². The first kappa shape index (κ1) is 18.2. The van der Waals surface area contributed by atoms with Gasteiger partial charge in [-0.3, -0.25) is 0 Å². The van der Waals surface area contributed by atoms with Crippen LogP contribution in [-0.2, 0) is 0 Å². The molecule has 0 radical (unpaired) electrons. The molecule has 0 fully saturated rings. The molecule has 0 saturated heterocycles. The monoisotopic (exact) mass is 362 g/mol. The standard InChI is InChI=1S/C21H22N4S/c1-13-9-17(14(2)26-13)19-16-8-6-4-3-5-7-15(16)18(10-22)20(25)21(19,11-23)12-24/h7,9,16,19H,3-6,8,25H2,1-2H3/b15-7+. The quantitative estimate of drug-likeness (QED) is 0.780. The summed E-state index contributed by atoms with van der Waals surface area (Å²) < 4.78 is 0. The van der Waals surface area contributed by atoms with Crippen LogP contribution in [0.15, 0.2) is 29.0 Å². The Morgan fingerprint density at radius 1 is 1.15 bits per heavy atom. The average Bonchev–Trinajstić information content (AvgIpc) is 2.93. The van der Waals surface area contributed by atoms with Crippen molar-refractivity contribution < 1.29 is 0 Å². The van der Waals surface area contributed by atoms with Crippen molar-refractivity contribution in [2.75, 3.05) is 0 Å². The smallest absolute Gasteiger partial charge is 0.191 e. The summed E-state index contributed by atoms with van der Waals surface area (Å²) in [6.45, 7) is 4.08. The largest absolute Gasteiger partial charge is 0.399 e. The van der Waals surface area contributed by atoms with Gasteiger partial charge in [0.1, 0.15) is 6.07 Å². The minimum atomic E-state index is -1.50. The zero-order valence-electron chi connectivity index (χ0n) is 15.2. The van der Waals surface area contributed by atoms with E-state index in [9.17, 15) is 15.8 Å². The number of thiophene rings is 1. The Balaban J connectivity index is 2.35. The number of hydrogen-bond donors (Lipinski definition) is 1. The highest BCUT2D eigenvalue weighted by molar-refractivity contribution is 7.12. The SMILES string of the molecule is Cc1cc(C2C3CCCCC/C=C\3C(C#N)=C(N)C2(C#N)C#N)c(C)s1. The van der Waals surface area contributed by atoms with Crippen LogP contribution in [0.4, 0.5) is 0 Å². The molecule has 4 nitrogen and oxygen atoms in total. The summed E-state index contributed by atoms with van der Waals surface area (Å²) in [6, 6.07) is 8.73. The van der Waals surface area contributed by atoms with Crippen LogP contribution >= 0.6 is 11.3 Å². The molecule has 132 valence electrons. The third-order valence-electron chi connectivity index (χ3n) is 5.71. The molecule has 0 spiro atoms. The third-order valence-corrected chi connectivity index (χ3v) is 6.70. The summed E-state index contributed by atoms with van der Waals surface area (Å²) in [5.41, 5.74) is 7.30. The molecule has 26 heavy (non-hydrogen) atoms. The van der Waals surface area contributed by atoms with E-state index in [0.29, 0.717) is 5.57 Å². The van der Waals surface area contributed by atoms with Crippen molar-refractivity contribution in [1.82, 2.24) is 0 Å². The summed E-state index contributed by atoms with van der Waals surface area (Å²) in [5, 5.41) is 29.9. The van der Waals surface area contributed by atoms with Gasteiger partial charge in [0.2, 0.25) is 0 Å². The van der Waals surface area contributed by atoms with E-state index in [1.54, 1.807) is 11.3 Å². The molecule has 1 heterocycles. The molecule has 0 aliphatic heterocycles. The molecular formula is C21H22N4S. The molecule has 0 saturated carbocycles. The maximum Gasteiger partial charge on any atom is 0.191 e. The van der Waals surface area contributed by atoms with Gasteiger partial charge in [-0.1, -0.05) is 18.9 Å². The first-order chi connectivity index (χ1) is 12.5. The van der Waals surface area contributed by atoms with Crippen LogP contribution < -0.4 is 5.73 Å². The number of nitriles is 3. The first-order valence-corrected chi connectivity index (χ1v) is 9.82. The lowest BCUT2D eigenvalue weighted by Crippen LogP contribution is -2.42. The molecule has 2 unspecified atom stereocenters. The van der Waals surface area contributed by atoms with Crippen molar-refractivity contribution in [2.45, 2.75) is 51.9 Å². The van der Waals surface area contributed by atoms with Gasteiger partial charge in [-0.2, -0.15) is 15.8 Å². The molecular weight excluding hydrogens is 340 g/mol. The highest BCUT2D eigenvalue weighted by Gasteiger charge is 2.53. The lowest BCUT2D eigenvalue weighted by Gasteiger charge is -2.42. The van der Waals surface area contributed by atoms with Crippen molar-refractivity contribution in [3.8, 4) is 18.2 Å². The lowest BCUT2D eigenvalue weighted by molar-refractivity contribution is 0.318. The fourth-order valence-corrected chi connectivity index (χ4v) is 5.50. The molecule has 0 amide bonds. The molecule has 0 aromatic carbocycles. The highest BCUT2D eigenvalue weighted by Crippen LogP contribution is 2.56. The molecule has 2 atom stereocenters. The Hall–Kier alpha value is -2.55. The van der Waals surface area contributed by atoms with E-state index in [0.717, 1.165) is 53.0 Å². The van der Waals surface area contributed by atoms with Crippen LogP contribution in [0.2, 0.25) is 0 Å². The van der Waals surface area contributed by atoms with Gasteiger partial charge in [0.25, 0.3) is 0 Å². The van der Waals surface area contributed by atoms with Gasteiger partial charge in [0.15, 0.2) is 5.41 Å². The number of nitrogens with zero attached hydrogens (tertiary/aromatic N) is 3. The van der Waals surface area contributed by atoms with E-state index in [2.05, 4.69) is 30.4 Å². The summed E-state index contributed by atoms with van der Waals surface area (Å²) in [5.74, 6) is -0.354. The van der Waals surface area contributed by atoms with Gasteiger partial charge in [-0.15, -0.1) is 11.3 Å². The van der Waals surface area contributed by atoms with Crippen LogP contribution in [0.3, 0.4) is 0 Å². The number of hydrogen-bond acceptors (Lipinski definition) is 5. The Labute approximate surface area is 158 Å². The van der Waals surface area contributed by atoms with Crippen molar-refractivity contribution in [1.29, 1.82) is 15.8 Å². The predicted molar refractivity (Wildman–Crippen MR) is 102 cm³/mol. The van der Waals surface area contributed by atoms with E-state index in [1.807, 2.05) is 13.8 Å². The average molecular weight is 363 g/mol. The normalized spacial score (nSPS) is 27.0. The first-order valence-electron chi connectivity index (χ1n) is 9.00. The molecule has 2 aliphatic carbocycles. The third kappa shape index (κ3) is 2.63. The maximum absolute atomic E-state index is 10.1. The Bertz CT molecular complexity index is 899. The van der Waals surface area contributed by atoms with Crippen molar-refractivity contribution >= 4 is 11.3 Å². The number of allylic oxidation sites excluding steroid dienone is 4. The minimum Gasteiger partial charge on any atom is -0.399 e. The number of nitrogens with two attached hydrogens (primary N) is 1. The maximum atomic E-state index is 10.1. The molecule has 5 heteroatoms. The van der Waals surface area contributed by atoms with Gasteiger partial charge in [-0.05, 0) is 56.2 Å². The second kappa shape index (κ2) is 6.99. The fourth-order valence-electron chi connectivity index (χ4n) is 4.52. The predicted octanol–water partition coefficient (Wildman–Crippen LogP) is 4.74. The fraction of sp³-hybridized carbons (Fsp3) is 0.476. The van der Waals surface area contributed by atoms with Crippen molar-refractivity contribution in [2.24, 2.45) is 17.1 Å². The van der Waals surface area contributed by atoms with Crippen LogP contribution in [0.25, 0.3) is 0 Å². The van der Waals surface area contributed by atoms with Crippen LogP contribution in [0.1, 0.15) is 53.3 Å². The molecule has 0 bridgehead atoms. The zero-order valence-corrected chi connectivity index (χ0v) is 16.0. The van der Waals surface area contributed by atoms with E-state index in [1.165, 1.54) is 0 Å². The molecule has 2 aliphatic rings. The van der Waals surface area contributed by atoms with E-state index in [4.69, 9.17) is 5.73 Å². The minimum absolute atomic E-state index is 0.0238. The lowest BCUT2D eigenvalue weighted by atomic mass is 9.57. The summed E-state index contributed by atoms with van der Waals surface area (Å²) in [4.78, 5) is 2.28. The highest BCUT2D eigenvalue weighted by atomic mass is 32.1. The summed E-state index contributed by atoms with van der Waals surface area (Å²) in [6.07, 6.45) is 7.15. The second-order valence-corrected chi connectivity index (χ2v) is 8.64. The van der Waals surface area contributed by atoms with E-state index < -0.39 is 5.41 Å². The number of fused-ring (bicyclic) bond motifs is 1. The number of aryl methyl sites for hydroxylation is 2. The van der Waals surface area contributed by atoms with Gasteiger partial charge in [-0.25, -0.2) is 0 Å². The van der Waals surface area contributed by atoms with Crippen LogP contribution in [-0.4, -0.2) is 0 Å². The van der Waals surface area contributed by atoms with Gasteiger partial charge in [0, 0.05) is 15.7 Å². The zero-order chi connectivity index (χ0) is 18.9. The topological polar surface area (TPSA) is 97.4 Å². The Morgan fingerprint density at radius 2 is 1.88 bits per heavy atom. The molecule has 1 aromatic rings. The number of rotatable bonds is 1. The summed E-state index contributed by atoms with van der Waals surface area (Å²) >= 11 is 1.68. The van der Waals surface area contributed by atoms with Crippen LogP contribution in [0, 0.1) is 59.2 Å². The Morgan fingerprint density at radius 3 is 2.46 bits per heavy atom. The van der Waals surface area contributed by atoms with Crippen molar-refractivity contribution in [3.63, 3.8) is 0 Å². The summed E-state index contributed by atoms with van der Waals surface area (Å²) in [7, 11) is 0. The van der Waals surface area contributed by atoms with E-state index in [-0.39, 0.29) is 17.5 Å². The van der Waals surface area contributed by atoms with Crippen LogP contribution in [0.5, 0.6) is 0 Å². The molecule has 3 rings (SSSR count). The van der Waals surface area contributed by atoms with Crippen molar-refractivity contribution in [3.05, 3.63) is 44.3 Å². The second-order valence-electron chi connectivity index (χ2n) is 7.18. The molecule has 1 aromatic heterocycles. The Kier molecular flexibility index (Phi) is 4.90. The van der Waals surface area contributed by atoms with E-state index >= 15 is 0 Å².